The van der Waals surface area contributed by atoms with Gasteiger partial charge in [0, 0.05) is 18.0 Å². The normalized spacial score (nSPS) is 13.3. The molecule has 1 aliphatic heterocycles. The third-order valence-electron chi connectivity index (χ3n) is 4.77. The van der Waals surface area contributed by atoms with E-state index >= 15 is 0 Å². The molecule has 1 amide bonds. The van der Waals surface area contributed by atoms with Gasteiger partial charge < -0.3 is 14.8 Å². The fourth-order valence-electron chi connectivity index (χ4n) is 3.38. The molecule has 1 aliphatic rings. The van der Waals surface area contributed by atoms with Crippen molar-refractivity contribution in [2.45, 2.75) is 25.8 Å². The predicted molar refractivity (Wildman–Crippen MR) is 109 cm³/mol. The van der Waals surface area contributed by atoms with Crippen molar-refractivity contribution in [1.29, 1.82) is 0 Å². The summed E-state index contributed by atoms with van der Waals surface area (Å²) >= 11 is 0. The molecular weight excluding hydrogens is 350 g/mol. The van der Waals surface area contributed by atoms with Gasteiger partial charge in [0.1, 0.15) is 17.2 Å². The summed E-state index contributed by atoms with van der Waals surface area (Å²) in [5.74, 6) is 2.38. The van der Waals surface area contributed by atoms with Crippen molar-refractivity contribution < 1.29 is 14.3 Å². The quantitative estimate of drug-likeness (QED) is 0.677. The molecule has 28 heavy (non-hydrogen) atoms. The van der Waals surface area contributed by atoms with Gasteiger partial charge in [-0.25, -0.2) is 0 Å². The summed E-state index contributed by atoms with van der Waals surface area (Å²) in [5.41, 5.74) is 3.09. The zero-order chi connectivity index (χ0) is 19.3. The van der Waals surface area contributed by atoms with E-state index in [1.54, 1.807) is 12.1 Å². The molecule has 1 N–H and O–H groups in total. The van der Waals surface area contributed by atoms with Gasteiger partial charge in [-0.3, -0.25) is 4.79 Å². The van der Waals surface area contributed by atoms with Crippen LogP contribution >= 0.6 is 0 Å². The summed E-state index contributed by atoms with van der Waals surface area (Å²) in [7, 11) is 0. The van der Waals surface area contributed by atoms with Crippen molar-refractivity contribution in [2.75, 3.05) is 6.61 Å². The minimum atomic E-state index is -0.0803. The molecule has 0 aliphatic carbocycles. The monoisotopic (exact) mass is 373 g/mol. The first-order valence-electron chi connectivity index (χ1n) is 9.56. The number of carbonyl (C=O) groups is 1. The average Bonchev–Trinajstić information content (AvgIpc) is 3.17. The standard InChI is InChI=1S/C24H23NO3/c1-17(15-18-7-12-23-20(16-18)13-14-27-23)25-24(26)19-8-10-22(11-9-19)28-21-5-3-2-4-6-21/h2-12,16-17H,13-15H2,1H3,(H,25,26). The molecule has 1 atom stereocenters. The SMILES string of the molecule is CC(Cc1ccc2c(c1)CCO2)NC(=O)c1ccc(Oc2ccccc2)cc1. The van der Waals surface area contributed by atoms with E-state index < -0.39 is 0 Å². The molecule has 3 aromatic rings. The lowest BCUT2D eigenvalue weighted by molar-refractivity contribution is 0.0940. The number of hydrogen-bond acceptors (Lipinski definition) is 3. The summed E-state index contributed by atoms with van der Waals surface area (Å²) < 4.78 is 11.3. The Labute approximate surface area is 165 Å². The van der Waals surface area contributed by atoms with Gasteiger partial charge in [-0.2, -0.15) is 0 Å². The molecule has 0 fully saturated rings. The Morgan fingerprint density at radius 2 is 1.79 bits per heavy atom. The molecule has 1 unspecified atom stereocenters. The zero-order valence-corrected chi connectivity index (χ0v) is 15.9. The first kappa shape index (κ1) is 18.1. The van der Waals surface area contributed by atoms with Crippen LogP contribution in [0, 0.1) is 0 Å². The minimum absolute atomic E-state index is 0.0353. The van der Waals surface area contributed by atoms with Gasteiger partial charge in [0.25, 0.3) is 5.91 Å². The van der Waals surface area contributed by atoms with Crippen LogP contribution in [0.1, 0.15) is 28.4 Å². The number of hydrogen-bond donors (Lipinski definition) is 1. The van der Waals surface area contributed by atoms with E-state index in [1.807, 2.05) is 55.5 Å². The van der Waals surface area contributed by atoms with Crippen molar-refractivity contribution in [1.82, 2.24) is 5.32 Å². The van der Waals surface area contributed by atoms with Gasteiger partial charge in [-0.15, -0.1) is 0 Å². The number of carbonyl (C=O) groups excluding carboxylic acids is 1. The number of nitrogens with one attached hydrogen (secondary N) is 1. The lowest BCUT2D eigenvalue weighted by Crippen LogP contribution is -2.34. The van der Waals surface area contributed by atoms with Crippen LogP contribution in [-0.4, -0.2) is 18.6 Å². The molecule has 1 heterocycles. The minimum Gasteiger partial charge on any atom is -0.493 e. The van der Waals surface area contributed by atoms with Crippen molar-refractivity contribution >= 4 is 5.91 Å². The van der Waals surface area contributed by atoms with E-state index in [0.29, 0.717) is 11.3 Å². The number of fused-ring (bicyclic) bond motifs is 1. The lowest BCUT2D eigenvalue weighted by atomic mass is 10.0. The fraction of sp³-hybridized carbons (Fsp3) is 0.208. The van der Waals surface area contributed by atoms with Crippen LogP contribution in [0.15, 0.2) is 72.8 Å². The summed E-state index contributed by atoms with van der Waals surface area (Å²) in [5, 5.41) is 3.07. The topological polar surface area (TPSA) is 47.6 Å². The van der Waals surface area contributed by atoms with E-state index in [4.69, 9.17) is 9.47 Å². The van der Waals surface area contributed by atoms with E-state index in [9.17, 15) is 4.79 Å². The van der Waals surface area contributed by atoms with Crippen LogP contribution in [0.25, 0.3) is 0 Å². The number of ether oxygens (including phenoxy) is 2. The smallest absolute Gasteiger partial charge is 0.251 e. The molecule has 0 saturated heterocycles. The molecule has 142 valence electrons. The Morgan fingerprint density at radius 3 is 2.57 bits per heavy atom. The molecule has 0 bridgehead atoms. The second-order valence-electron chi connectivity index (χ2n) is 7.06. The highest BCUT2D eigenvalue weighted by molar-refractivity contribution is 5.94. The van der Waals surface area contributed by atoms with Crippen LogP contribution in [0.4, 0.5) is 0 Å². The van der Waals surface area contributed by atoms with Crippen LogP contribution in [0.3, 0.4) is 0 Å². The van der Waals surface area contributed by atoms with Crippen LogP contribution in [0.2, 0.25) is 0 Å². The molecule has 0 spiro atoms. The summed E-state index contributed by atoms with van der Waals surface area (Å²) in [6.45, 7) is 2.78. The highest BCUT2D eigenvalue weighted by Gasteiger charge is 2.15. The molecule has 0 radical (unpaired) electrons. The van der Waals surface area contributed by atoms with Crippen LogP contribution in [-0.2, 0) is 12.8 Å². The molecule has 3 aromatic carbocycles. The predicted octanol–water partition coefficient (Wildman–Crippen LogP) is 4.77. The number of para-hydroxylation sites is 1. The van der Waals surface area contributed by atoms with Crippen molar-refractivity contribution in [3.8, 4) is 17.2 Å². The van der Waals surface area contributed by atoms with E-state index in [0.717, 1.165) is 30.9 Å². The van der Waals surface area contributed by atoms with Gasteiger partial charge >= 0.3 is 0 Å². The molecule has 0 saturated carbocycles. The van der Waals surface area contributed by atoms with Gasteiger partial charge in [-0.05, 0) is 66.9 Å². The molecule has 4 rings (SSSR count). The summed E-state index contributed by atoms with van der Waals surface area (Å²) in [6.07, 6.45) is 1.75. The van der Waals surface area contributed by atoms with Crippen LogP contribution in [0.5, 0.6) is 17.2 Å². The Hall–Kier alpha value is -3.27. The first-order valence-corrected chi connectivity index (χ1v) is 9.56. The third-order valence-corrected chi connectivity index (χ3v) is 4.77. The zero-order valence-electron chi connectivity index (χ0n) is 15.9. The summed E-state index contributed by atoms with van der Waals surface area (Å²) in [4.78, 5) is 12.5. The maximum Gasteiger partial charge on any atom is 0.251 e. The van der Waals surface area contributed by atoms with E-state index in [-0.39, 0.29) is 11.9 Å². The average molecular weight is 373 g/mol. The van der Waals surface area contributed by atoms with Gasteiger partial charge in [-0.1, -0.05) is 30.3 Å². The maximum atomic E-state index is 12.5. The number of amides is 1. The molecular formula is C24H23NO3. The van der Waals surface area contributed by atoms with Crippen molar-refractivity contribution in [2.24, 2.45) is 0 Å². The molecule has 4 heteroatoms. The van der Waals surface area contributed by atoms with Crippen LogP contribution < -0.4 is 14.8 Å². The molecule has 4 nitrogen and oxygen atoms in total. The Bertz CT molecular complexity index is 951. The lowest BCUT2D eigenvalue weighted by Gasteiger charge is -2.15. The molecule has 0 aromatic heterocycles. The third kappa shape index (κ3) is 4.34. The second kappa shape index (κ2) is 8.17. The first-order chi connectivity index (χ1) is 13.7. The highest BCUT2D eigenvalue weighted by atomic mass is 16.5. The Balaban J connectivity index is 1.34. The Morgan fingerprint density at radius 1 is 1.04 bits per heavy atom. The number of rotatable bonds is 6. The van der Waals surface area contributed by atoms with Gasteiger partial charge in [0.05, 0.1) is 6.61 Å². The van der Waals surface area contributed by atoms with Gasteiger partial charge in [0.15, 0.2) is 0 Å². The number of benzene rings is 3. The summed E-state index contributed by atoms with van der Waals surface area (Å²) in [6, 6.07) is 23.1. The van der Waals surface area contributed by atoms with Crippen molar-refractivity contribution in [3.05, 3.63) is 89.5 Å². The van der Waals surface area contributed by atoms with Crippen molar-refractivity contribution in [3.63, 3.8) is 0 Å². The largest absolute Gasteiger partial charge is 0.493 e. The van der Waals surface area contributed by atoms with E-state index in [2.05, 4.69) is 17.4 Å². The Kier molecular flexibility index (Phi) is 5.29. The van der Waals surface area contributed by atoms with Gasteiger partial charge in [0.2, 0.25) is 0 Å². The fourth-order valence-corrected chi connectivity index (χ4v) is 3.38. The highest BCUT2D eigenvalue weighted by Crippen LogP contribution is 2.26. The van der Waals surface area contributed by atoms with E-state index in [1.165, 1.54) is 11.1 Å². The second-order valence-corrected chi connectivity index (χ2v) is 7.06. The maximum absolute atomic E-state index is 12.5.